The molecule has 1 fully saturated rings. The van der Waals surface area contributed by atoms with E-state index in [-0.39, 0.29) is 5.91 Å². The van der Waals surface area contributed by atoms with Gasteiger partial charge in [0.2, 0.25) is 0 Å². The molecule has 2 aromatic rings. The van der Waals surface area contributed by atoms with E-state index < -0.39 is 0 Å². The first-order valence-corrected chi connectivity index (χ1v) is 11.2. The summed E-state index contributed by atoms with van der Waals surface area (Å²) in [5.74, 6) is 1.26. The van der Waals surface area contributed by atoms with E-state index in [1.165, 1.54) is 11.8 Å². The number of hydrogen-bond donors (Lipinski definition) is 1. The van der Waals surface area contributed by atoms with E-state index in [4.69, 9.17) is 4.42 Å². The lowest BCUT2D eigenvalue weighted by Crippen LogP contribution is -2.55. The van der Waals surface area contributed by atoms with Gasteiger partial charge in [-0.25, -0.2) is 0 Å². The third-order valence-corrected chi connectivity index (χ3v) is 5.95. The number of furan rings is 1. The second-order valence-corrected chi connectivity index (χ2v) is 7.75. The molecule has 1 aromatic heterocycles. The van der Waals surface area contributed by atoms with Crippen LogP contribution in [0.4, 0.5) is 0 Å². The molecule has 168 valence electrons. The minimum Gasteiger partial charge on any atom is -0.459 e. The summed E-state index contributed by atoms with van der Waals surface area (Å²) in [6, 6.07) is 14.5. The van der Waals surface area contributed by atoms with E-state index in [0.29, 0.717) is 24.9 Å². The van der Waals surface area contributed by atoms with Crippen LogP contribution in [0.15, 0.2) is 58.1 Å². The molecule has 1 unspecified atom stereocenters. The van der Waals surface area contributed by atoms with Gasteiger partial charge in [-0.2, -0.15) is 0 Å². The summed E-state index contributed by atoms with van der Waals surface area (Å²) in [5, 5.41) is 3.59. The number of aliphatic imine (C=N–C) groups is 1. The molecule has 2 heterocycles. The Bertz CT molecular complexity index is 810. The molecule has 1 aliphatic rings. The molecule has 7 nitrogen and oxygen atoms in total. The number of rotatable bonds is 8. The largest absolute Gasteiger partial charge is 0.459 e. The minimum atomic E-state index is -0.0444. The molecule has 1 N–H and O–H groups in total. The Kier molecular flexibility index (Phi) is 8.53. The molecule has 0 spiro atoms. The van der Waals surface area contributed by atoms with Crippen LogP contribution in [0.2, 0.25) is 0 Å². The van der Waals surface area contributed by atoms with E-state index in [0.717, 1.165) is 45.1 Å². The van der Waals surface area contributed by atoms with Crippen LogP contribution < -0.4 is 5.32 Å². The molecule has 0 saturated carbocycles. The van der Waals surface area contributed by atoms with E-state index in [1.54, 1.807) is 12.1 Å². The van der Waals surface area contributed by atoms with E-state index in [2.05, 4.69) is 64.3 Å². The topological polar surface area (TPSA) is 64.3 Å². The van der Waals surface area contributed by atoms with Crippen LogP contribution in [0.1, 0.15) is 30.0 Å². The van der Waals surface area contributed by atoms with Crippen molar-refractivity contribution in [3.05, 3.63) is 60.1 Å². The fraction of sp³-hybridized carbons (Fsp3) is 0.500. The van der Waals surface area contributed by atoms with Crippen molar-refractivity contribution in [3.8, 4) is 0 Å². The van der Waals surface area contributed by atoms with Crippen molar-refractivity contribution >= 4 is 11.9 Å². The van der Waals surface area contributed by atoms with Crippen LogP contribution in [0.5, 0.6) is 0 Å². The summed E-state index contributed by atoms with van der Waals surface area (Å²) < 4.78 is 5.26. The second-order valence-electron chi connectivity index (χ2n) is 7.75. The van der Waals surface area contributed by atoms with Gasteiger partial charge in [0, 0.05) is 45.8 Å². The Hall–Kier alpha value is -2.80. The van der Waals surface area contributed by atoms with Crippen molar-refractivity contribution < 1.29 is 9.21 Å². The average molecular weight is 426 g/mol. The summed E-state index contributed by atoms with van der Waals surface area (Å²) in [6.07, 6.45) is 2.54. The first-order chi connectivity index (χ1) is 15.2. The lowest BCUT2D eigenvalue weighted by atomic mass is 10.0. The SMILES string of the molecule is CCN(CC)C(CNC(=NC)N1CCN(C(=O)c2ccco2)CC1)Cc1ccccc1. The second kappa shape index (κ2) is 11.6. The Labute approximate surface area is 185 Å². The Morgan fingerprint density at radius 2 is 1.74 bits per heavy atom. The molecule has 1 atom stereocenters. The Balaban J connectivity index is 1.56. The number of guanidine groups is 1. The van der Waals surface area contributed by atoms with Gasteiger partial charge in [0.25, 0.3) is 5.91 Å². The summed E-state index contributed by atoms with van der Waals surface area (Å²) >= 11 is 0. The van der Waals surface area contributed by atoms with Gasteiger partial charge < -0.3 is 19.5 Å². The quantitative estimate of drug-likeness (QED) is 0.520. The molecule has 31 heavy (non-hydrogen) atoms. The van der Waals surface area contributed by atoms with Crippen molar-refractivity contribution in [2.75, 3.05) is 52.9 Å². The number of benzene rings is 1. The average Bonchev–Trinajstić information content (AvgIpc) is 3.36. The fourth-order valence-corrected chi connectivity index (χ4v) is 4.18. The predicted molar refractivity (Wildman–Crippen MR) is 124 cm³/mol. The zero-order valence-corrected chi connectivity index (χ0v) is 19.0. The molecule has 0 radical (unpaired) electrons. The van der Waals surface area contributed by atoms with Crippen molar-refractivity contribution in [1.29, 1.82) is 0 Å². The van der Waals surface area contributed by atoms with E-state index in [9.17, 15) is 4.79 Å². The first-order valence-electron chi connectivity index (χ1n) is 11.2. The van der Waals surface area contributed by atoms with E-state index in [1.807, 2.05) is 11.9 Å². The van der Waals surface area contributed by atoms with Gasteiger partial charge in [-0.05, 0) is 37.2 Å². The molecule has 1 aromatic carbocycles. The van der Waals surface area contributed by atoms with Crippen molar-refractivity contribution in [2.45, 2.75) is 26.3 Å². The smallest absolute Gasteiger partial charge is 0.289 e. The maximum Gasteiger partial charge on any atom is 0.289 e. The first kappa shape index (κ1) is 22.9. The molecule has 3 rings (SSSR count). The van der Waals surface area contributed by atoms with Gasteiger partial charge in [-0.1, -0.05) is 44.2 Å². The monoisotopic (exact) mass is 425 g/mol. The number of nitrogens with one attached hydrogen (secondary N) is 1. The van der Waals surface area contributed by atoms with Crippen molar-refractivity contribution in [1.82, 2.24) is 20.0 Å². The third-order valence-electron chi connectivity index (χ3n) is 5.95. The number of nitrogens with zero attached hydrogens (tertiary/aromatic N) is 4. The summed E-state index contributed by atoms with van der Waals surface area (Å²) in [6.45, 7) is 10.1. The molecule has 0 aliphatic carbocycles. The minimum absolute atomic E-state index is 0.0444. The highest BCUT2D eigenvalue weighted by Crippen LogP contribution is 2.11. The molecule has 1 amide bonds. The van der Waals surface area contributed by atoms with Gasteiger partial charge in [-0.15, -0.1) is 0 Å². The zero-order valence-electron chi connectivity index (χ0n) is 19.0. The standard InChI is InChI=1S/C24H35N5O2/c1-4-27(5-2)21(18-20-10-7-6-8-11-20)19-26-24(25-3)29-15-13-28(14-16-29)23(30)22-12-9-17-31-22/h6-12,17,21H,4-5,13-16,18-19H2,1-3H3,(H,25,26). The number of carbonyl (C=O) groups excluding carboxylic acids is 1. The number of carbonyl (C=O) groups is 1. The summed E-state index contributed by atoms with van der Waals surface area (Å²) in [4.78, 5) is 23.6. The molecule has 7 heteroatoms. The highest BCUT2D eigenvalue weighted by Gasteiger charge is 2.26. The summed E-state index contributed by atoms with van der Waals surface area (Å²) in [7, 11) is 1.83. The maximum atomic E-state index is 12.5. The zero-order chi connectivity index (χ0) is 22.1. The number of amides is 1. The molecular formula is C24H35N5O2. The van der Waals surface area contributed by atoms with Crippen molar-refractivity contribution in [2.24, 2.45) is 4.99 Å². The summed E-state index contributed by atoms with van der Waals surface area (Å²) in [5.41, 5.74) is 1.35. The molecular weight excluding hydrogens is 390 g/mol. The van der Waals surface area contributed by atoms with Crippen LogP contribution in [-0.4, -0.2) is 85.5 Å². The third kappa shape index (κ3) is 6.10. The predicted octanol–water partition coefficient (Wildman–Crippen LogP) is 2.57. The van der Waals surface area contributed by atoms with Crippen LogP contribution in [-0.2, 0) is 6.42 Å². The van der Waals surface area contributed by atoms with Crippen molar-refractivity contribution in [3.63, 3.8) is 0 Å². The van der Waals surface area contributed by atoms with Crippen LogP contribution in [0.25, 0.3) is 0 Å². The van der Waals surface area contributed by atoms with Crippen LogP contribution in [0.3, 0.4) is 0 Å². The Morgan fingerprint density at radius 3 is 2.32 bits per heavy atom. The lowest BCUT2D eigenvalue weighted by Gasteiger charge is -2.37. The number of hydrogen-bond acceptors (Lipinski definition) is 4. The molecule has 1 saturated heterocycles. The van der Waals surface area contributed by atoms with Gasteiger partial charge in [0.15, 0.2) is 11.7 Å². The maximum absolute atomic E-state index is 12.5. The van der Waals surface area contributed by atoms with E-state index >= 15 is 0 Å². The van der Waals surface area contributed by atoms with Gasteiger partial charge >= 0.3 is 0 Å². The lowest BCUT2D eigenvalue weighted by molar-refractivity contribution is 0.0657. The van der Waals surface area contributed by atoms with Gasteiger partial charge in [-0.3, -0.25) is 14.7 Å². The normalized spacial score (nSPS) is 15.9. The van der Waals surface area contributed by atoms with Gasteiger partial charge in [0.1, 0.15) is 0 Å². The molecule has 0 bridgehead atoms. The highest BCUT2D eigenvalue weighted by molar-refractivity contribution is 5.91. The fourth-order valence-electron chi connectivity index (χ4n) is 4.18. The number of likely N-dealkylation sites (N-methyl/N-ethyl adjacent to an activating group) is 1. The van der Waals surface area contributed by atoms with Crippen LogP contribution in [0, 0.1) is 0 Å². The van der Waals surface area contributed by atoms with Gasteiger partial charge in [0.05, 0.1) is 6.26 Å². The Morgan fingerprint density at radius 1 is 1.06 bits per heavy atom. The number of piperazine rings is 1. The van der Waals surface area contributed by atoms with Crippen LogP contribution >= 0.6 is 0 Å². The highest BCUT2D eigenvalue weighted by atomic mass is 16.3. The molecule has 1 aliphatic heterocycles.